The van der Waals surface area contributed by atoms with Crippen LogP contribution in [0, 0.1) is 0 Å². The van der Waals surface area contributed by atoms with Crippen LogP contribution in [0.25, 0.3) is 61.0 Å². The SMILES string of the molecule is CCc1cccc2nc(-c3ccc(N(c4ccccc4)c4ccc5c(c4)c4ccccc4n5-c4ccccc4)cc3)c(-c3ccccc3)nc12. The molecule has 0 radical (unpaired) electrons. The predicted octanol–water partition coefficient (Wildman–Crippen LogP) is 12.1. The fourth-order valence-electron chi connectivity index (χ4n) is 7.17. The molecule has 0 bridgehead atoms. The zero-order valence-electron chi connectivity index (χ0n) is 27.7. The van der Waals surface area contributed by atoms with Crippen LogP contribution in [-0.4, -0.2) is 14.5 Å². The van der Waals surface area contributed by atoms with Gasteiger partial charge in [-0.15, -0.1) is 0 Å². The van der Waals surface area contributed by atoms with Crippen LogP contribution in [0.15, 0.2) is 176 Å². The summed E-state index contributed by atoms with van der Waals surface area (Å²) in [6, 6.07) is 62.1. The van der Waals surface area contributed by atoms with E-state index in [0.717, 1.165) is 62.7 Å². The number of nitrogens with zero attached hydrogens (tertiary/aromatic N) is 4. The van der Waals surface area contributed by atoms with Crippen LogP contribution >= 0.6 is 0 Å². The van der Waals surface area contributed by atoms with Gasteiger partial charge in [0.1, 0.15) is 0 Å². The first-order chi connectivity index (χ1) is 24.8. The summed E-state index contributed by atoms with van der Waals surface area (Å²) in [5, 5.41) is 2.44. The molecule has 0 saturated heterocycles. The van der Waals surface area contributed by atoms with Crippen molar-refractivity contribution in [3.8, 4) is 28.2 Å². The van der Waals surface area contributed by atoms with E-state index >= 15 is 0 Å². The highest BCUT2D eigenvalue weighted by Crippen LogP contribution is 2.41. The summed E-state index contributed by atoms with van der Waals surface area (Å²) in [4.78, 5) is 12.8. The van der Waals surface area contributed by atoms with Crippen LogP contribution in [0.1, 0.15) is 12.5 Å². The first-order valence-electron chi connectivity index (χ1n) is 17.2. The quantitative estimate of drug-likeness (QED) is 0.173. The summed E-state index contributed by atoms with van der Waals surface area (Å²) in [6.45, 7) is 2.17. The number of hydrogen-bond acceptors (Lipinski definition) is 3. The summed E-state index contributed by atoms with van der Waals surface area (Å²) in [6.07, 6.45) is 0.905. The van der Waals surface area contributed by atoms with Gasteiger partial charge in [0.2, 0.25) is 0 Å². The number of benzene rings is 7. The lowest BCUT2D eigenvalue weighted by Gasteiger charge is -2.26. The maximum absolute atomic E-state index is 5.25. The van der Waals surface area contributed by atoms with Crippen molar-refractivity contribution in [2.24, 2.45) is 0 Å². The Bertz CT molecular complexity index is 2610. The molecule has 0 atom stereocenters. The lowest BCUT2D eigenvalue weighted by atomic mass is 10.0. The second-order valence-corrected chi connectivity index (χ2v) is 12.5. The van der Waals surface area contributed by atoms with Crippen molar-refractivity contribution in [2.45, 2.75) is 13.3 Å². The molecule has 0 amide bonds. The fraction of sp³-hybridized carbons (Fsp3) is 0.0435. The van der Waals surface area contributed by atoms with Crippen molar-refractivity contribution in [3.63, 3.8) is 0 Å². The minimum absolute atomic E-state index is 0.880. The number of aryl methyl sites for hydroxylation is 1. The molecule has 0 aliphatic rings. The van der Waals surface area contributed by atoms with Gasteiger partial charge in [-0.05, 0) is 78.7 Å². The van der Waals surface area contributed by atoms with E-state index in [1.165, 1.54) is 27.4 Å². The van der Waals surface area contributed by atoms with Gasteiger partial charge in [-0.2, -0.15) is 0 Å². The summed E-state index contributed by atoms with van der Waals surface area (Å²) in [5.41, 5.74) is 13.7. The molecule has 0 spiro atoms. The van der Waals surface area contributed by atoms with Gasteiger partial charge in [0.15, 0.2) is 0 Å². The molecular weight excluding hydrogens is 609 g/mol. The van der Waals surface area contributed by atoms with Crippen LogP contribution in [0.4, 0.5) is 17.1 Å². The van der Waals surface area contributed by atoms with Gasteiger partial charge in [0.25, 0.3) is 0 Å². The number of anilines is 3. The second-order valence-electron chi connectivity index (χ2n) is 12.5. The summed E-state index contributed by atoms with van der Waals surface area (Å²) in [5.74, 6) is 0. The average molecular weight is 643 g/mol. The monoisotopic (exact) mass is 642 g/mol. The topological polar surface area (TPSA) is 34.0 Å². The lowest BCUT2D eigenvalue weighted by Crippen LogP contribution is -2.09. The molecule has 4 heteroatoms. The van der Waals surface area contributed by atoms with E-state index in [1.807, 2.05) is 6.07 Å². The fourth-order valence-corrected chi connectivity index (χ4v) is 7.17. The first kappa shape index (κ1) is 29.6. The van der Waals surface area contributed by atoms with Crippen molar-refractivity contribution < 1.29 is 0 Å². The molecule has 9 rings (SSSR count). The molecule has 0 fully saturated rings. The molecule has 0 unspecified atom stereocenters. The zero-order chi connectivity index (χ0) is 33.4. The summed E-state index contributed by atoms with van der Waals surface area (Å²) >= 11 is 0. The zero-order valence-corrected chi connectivity index (χ0v) is 27.7. The second kappa shape index (κ2) is 12.5. The van der Waals surface area contributed by atoms with Gasteiger partial charge < -0.3 is 9.47 Å². The number of rotatable bonds is 7. The maximum Gasteiger partial charge on any atom is 0.0973 e. The number of para-hydroxylation sites is 4. The van der Waals surface area contributed by atoms with Crippen LogP contribution in [0.5, 0.6) is 0 Å². The highest BCUT2D eigenvalue weighted by molar-refractivity contribution is 6.10. The van der Waals surface area contributed by atoms with Crippen LogP contribution < -0.4 is 4.90 Å². The molecule has 0 aliphatic heterocycles. The van der Waals surface area contributed by atoms with Gasteiger partial charge in [-0.3, -0.25) is 0 Å². The molecule has 50 heavy (non-hydrogen) atoms. The molecule has 2 aromatic heterocycles. The summed E-state index contributed by atoms with van der Waals surface area (Å²) in [7, 11) is 0. The standard InChI is InChI=1S/C46H34N4/c1-2-32-17-14-23-41-44(32)48-46(33-15-6-3-7-16-33)45(47-41)34-25-27-37(28-26-34)49(35-18-8-4-9-19-35)38-29-30-43-40(31-38)39-22-12-13-24-42(39)50(43)36-20-10-5-11-21-36/h3-31H,2H2,1H3. The van der Waals surface area contributed by atoms with Crippen LogP contribution in [-0.2, 0) is 6.42 Å². The average Bonchev–Trinajstić information content (AvgIpc) is 3.52. The predicted molar refractivity (Wildman–Crippen MR) is 209 cm³/mol. The smallest absolute Gasteiger partial charge is 0.0973 e. The Morgan fingerprint density at radius 1 is 0.480 bits per heavy atom. The van der Waals surface area contributed by atoms with Crippen LogP contribution in [0.3, 0.4) is 0 Å². The molecular formula is C46H34N4. The van der Waals surface area contributed by atoms with E-state index in [9.17, 15) is 0 Å². The molecule has 7 aromatic carbocycles. The molecule has 2 heterocycles. The van der Waals surface area contributed by atoms with E-state index in [4.69, 9.17) is 9.97 Å². The van der Waals surface area contributed by atoms with Crippen molar-refractivity contribution in [1.82, 2.24) is 14.5 Å². The molecule has 0 saturated carbocycles. The Kier molecular flexibility index (Phi) is 7.40. The van der Waals surface area contributed by atoms with Gasteiger partial charge in [-0.1, -0.05) is 116 Å². The van der Waals surface area contributed by atoms with E-state index in [0.29, 0.717) is 0 Å². The Balaban J connectivity index is 1.19. The number of aromatic nitrogens is 3. The Morgan fingerprint density at radius 2 is 1.08 bits per heavy atom. The van der Waals surface area contributed by atoms with E-state index in [2.05, 4.69) is 186 Å². The van der Waals surface area contributed by atoms with Crippen LogP contribution in [0.2, 0.25) is 0 Å². The molecule has 238 valence electrons. The van der Waals surface area contributed by atoms with E-state index in [-0.39, 0.29) is 0 Å². The van der Waals surface area contributed by atoms with Gasteiger partial charge >= 0.3 is 0 Å². The number of fused-ring (bicyclic) bond motifs is 4. The van der Waals surface area contributed by atoms with Crippen molar-refractivity contribution in [2.75, 3.05) is 4.90 Å². The third-order valence-corrected chi connectivity index (χ3v) is 9.55. The number of hydrogen-bond donors (Lipinski definition) is 0. The van der Waals surface area contributed by atoms with Gasteiger partial charge in [-0.25, -0.2) is 9.97 Å². The molecule has 0 N–H and O–H groups in total. The van der Waals surface area contributed by atoms with Gasteiger partial charge in [0.05, 0.1) is 33.5 Å². The van der Waals surface area contributed by atoms with E-state index in [1.54, 1.807) is 0 Å². The Morgan fingerprint density at radius 3 is 1.84 bits per heavy atom. The summed E-state index contributed by atoms with van der Waals surface area (Å²) < 4.78 is 2.36. The third-order valence-electron chi connectivity index (χ3n) is 9.55. The van der Waals surface area contributed by atoms with Crippen molar-refractivity contribution >= 4 is 49.9 Å². The minimum Gasteiger partial charge on any atom is -0.310 e. The lowest BCUT2D eigenvalue weighted by molar-refractivity contribution is 1.14. The molecule has 4 nitrogen and oxygen atoms in total. The normalized spacial score (nSPS) is 11.4. The third kappa shape index (κ3) is 5.10. The van der Waals surface area contributed by atoms with Gasteiger partial charge in [0, 0.05) is 44.6 Å². The first-order valence-corrected chi connectivity index (χ1v) is 17.2. The Labute approximate surface area is 291 Å². The highest BCUT2D eigenvalue weighted by Gasteiger charge is 2.19. The van der Waals surface area contributed by atoms with Crippen molar-refractivity contribution in [3.05, 3.63) is 181 Å². The largest absolute Gasteiger partial charge is 0.310 e. The molecule has 9 aromatic rings. The Hall–Kier alpha value is -6.52. The maximum atomic E-state index is 5.25. The van der Waals surface area contributed by atoms with Crippen molar-refractivity contribution in [1.29, 1.82) is 0 Å². The highest BCUT2D eigenvalue weighted by atomic mass is 15.1. The van der Waals surface area contributed by atoms with E-state index < -0.39 is 0 Å². The minimum atomic E-state index is 0.880. The molecule has 0 aliphatic carbocycles.